The maximum absolute atomic E-state index is 5.38. The van der Waals surface area contributed by atoms with Gasteiger partial charge in [-0.1, -0.05) is 18.2 Å². The molecule has 1 aromatic carbocycles. The monoisotopic (exact) mass is 256 g/mol. The van der Waals surface area contributed by atoms with Gasteiger partial charge in [-0.05, 0) is 44.0 Å². The van der Waals surface area contributed by atoms with E-state index < -0.39 is 0 Å². The first-order valence-electron chi connectivity index (χ1n) is 6.50. The van der Waals surface area contributed by atoms with E-state index in [1.54, 1.807) is 7.11 Å². The van der Waals surface area contributed by atoms with E-state index in [0.717, 1.165) is 23.6 Å². The van der Waals surface area contributed by atoms with E-state index in [2.05, 4.69) is 29.4 Å². The Hall–Kier alpha value is -2.03. The van der Waals surface area contributed by atoms with Crippen molar-refractivity contribution in [1.29, 1.82) is 0 Å². The largest absolute Gasteiger partial charge is 0.496 e. The number of ether oxygens (including phenoxy) is 1. The van der Waals surface area contributed by atoms with Crippen molar-refractivity contribution >= 4 is 5.69 Å². The van der Waals surface area contributed by atoms with Crippen LogP contribution in [0.4, 0.5) is 5.69 Å². The fourth-order valence-corrected chi connectivity index (χ4v) is 2.15. The minimum atomic E-state index is 0.319. The van der Waals surface area contributed by atoms with Gasteiger partial charge in [-0.15, -0.1) is 0 Å². The van der Waals surface area contributed by atoms with Gasteiger partial charge in [0.15, 0.2) is 0 Å². The summed E-state index contributed by atoms with van der Waals surface area (Å²) in [6.45, 7) is 4.18. The number of hydrogen-bond donors (Lipinski definition) is 1. The van der Waals surface area contributed by atoms with Gasteiger partial charge < -0.3 is 10.1 Å². The number of pyridine rings is 1. The smallest absolute Gasteiger partial charge is 0.122 e. The number of nitrogens with zero attached hydrogens (tertiary/aromatic N) is 1. The van der Waals surface area contributed by atoms with Crippen molar-refractivity contribution in [3.8, 4) is 5.75 Å². The minimum absolute atomic E-state index is 0.319. The lowest BCUT2D eigenvalue weighted by Crippen LogP contribution is -2.19. The second-order valence-corrected chi connectivity index (χ2v) is 4.70. The van der Waals surface area contributed by atoms with Crippen molar-refractivity contribution in [3.63, 3.8) is 0 Å². The normalized spacial score (nSPS) is 11.9. The molecule has 0 aliphatic heterocycles. The van der Waals surface area contributed by atoms with Crippen molar-refractivity contribution in [2.24, 2.45) is 0 Å². The molecule has 3 heteroatoms. The molecule has 1 unspecified atom stereocenters. The number of aryl methyl sites for hydroxylation is 1. The molecule has 1 aromatic heterocycles. The molecule has 1 N–H and O–H groups in total. The molecule has 2 rings (SSSR count). The van der Waals surface area contributed by atoms with Crippen LogP contribution in [0.25, 0.3) is 0 Å². The molecule has 19 heavy (non-hydrogen) atoms. The molecule has 0 saturated carbocycles. The standard InChI is InChI=1S/C16H20N2O/c1-12(18-15-8-6-10-17-13(15)2)11-14-7-4-5-9-16(14)19-3/h4-10,12,18H,11H2,1-3H3. The third-order valence-corrected chi connectivity index (χ3v) is 3.13. The molecule has 1 atom stereocenters. The summed E-state index contributed by atoms with van der Waals surface area (Å²) in [5.74, 6) is 0.944. The van der Waals surface area contributed by atoms with Crippen LogP contribution in [0.5, 0.6) is 5.75 Å². The number of hydrogen-bond acceptors (Lipinski definition) is 3. The van der Waals surface area contributed by atoms with Gasteiger partial charge in [0.1, 0.15) is 5.75 Å². The molecular weight excluding hydrogens is 236 g/mol. The fourth-order valence-electron chi connectivity index (χ4n) is 2.15. The molecule has 0 radical (unpaired) electrons. The summed E-state index contributed by atoms with van der Waals surface area (Å²) < 4.78 is 5.38. The van der Waals surface area contributed by atoms with Crippen molar-refractivity contribution in [2.75, 3.05) is 12.4 Å². The van der Waals surface area contributed by atoms with E-state index in [9.17, 15) is 0 Å². The van der Waals surface area contributed by atoms with Crippen molar-refractivity contribution in [1.82, 2.24) is 4.98 Å². The Labute approximate surface area is 114 Å². The van der Waals surface area contributed by atoms with Crippen LogP contribution in [0, 0.1) is 6.92 Å². The predicted molar refractivity (Wildman–Crippen MR) is 78.8 cm³/mol. The Morgan fingerprint density at radius 1 is 1.21 bits per heavy atom. The summed E-state index contributed by atoms with van der Waals surface area (Å²) in [4.78, 5) is 4.29. The highest BCUT2D eigenvalue weighted by Crippen LogP contribution is 2.20. The van der Waals surface area contributed by atoms with Gasteiger partial charge >= 0.3 is 0 Å². The summed E-state index contributed by atoms with van der Waals surface area (Å²) in [6, 6.07) is 12.5. The maximum atomic E-state index is 5.38. The molecule has 3 nitrogen and oxygen atoms in total. The fraction of sp³-hybridized carbons (Fsp3) is 0.312. The van der Waals surface area contributed by atoms with Crippen molar-refractivity contribution in [3.05, 3.63) is 53.9 Å². The van der Waals surface area contributed by atoms with E-state index >= 15 is 0 Å². The Bertz CT molecular complexity index is 540. The number of para-hydroxylation sites is 1. The Kier molecular flexibility index (Phi) is 4.39. The summed E-state index contributed by atoms with van der Waals surface area (Å²) >= 11 is 0. The third-order valence-electron chi connectivity index (χ3n) is 3.13. The molecule has 0 aliphatic carbocycles. The zero-order valence-electron chi connectivity index (χ0n) is 11.7. The topological polar surface area (TPSA) is 34.1 Å². The SMILES string of the molecule is COc1ccccc1CC(C)Nc1cccnc1C. The van der Waals surface area contributed by atoms with Crippen LogP contribution in [0.2, 0.25) is 0 Å². The highest BCUT2D eigenvalue weighted by molar-refractivity contribution is 5.48. The lowest BCUT2D eigenvalue weighted by molar-refractivity contribution is 0.409. The van der Waals surface area contributed by atoms with E-state index in [4.69, 9.17) is 4.74 Å². The lowest BCUT2D eigenvalue weighted by Gasteiger charge is -2.18. The van der Waals surface area contributed by atoms with Gasteiger partial charge in [0, 0.05) is 12.2 Å². The van der Waals surface area contributed by atoms with E-state index in [1.807, 2.05) is 37.4 Å². The first-order chi connectivity index (χ1) is 9.20. The first kappa shape index (κ1) is 13.4. The van der Waals surface area contributed by atoms with Crippen LogP contribution < -0.4 is 10.1 Å². The number of aromatic nitrogens is 1. The Morgan fingerprint density at radius 3 is 2.74 bits per heavy atom. The molecule has 0 spiro atoms. The van der Waals surface area contributed by atoms with Crippen LogP contribution in [-0.4, -0.2) is 18.1 Å². The van der Waals surface area contributed by atoms with E-state index in [1.165, 1.54) is 5.56 Å². The maximum Gasteiger partial charge on any atom is 0.122 e. The number of methoxy groups -OCH3 is 1. The Morgan fingerprint density at radius 2 is 2.00 bits per heavy atom. The highest BCUT2D eigenvalue weighted by Gasteiger charge is 2.09. The average molecular weight is 256 g/mol. The van der Waals surface area contributed by atoms with Crippen molar-refractivity contribution < 1.29 is 4.74 Å². The molecule has 0 aliphatic rings. The van der Waals surface area contributed by atoms with Gasteiger partial charge in [0.2, 0.25) is 0 Å². The van der Waals surface area contributed by atoms with Crippen LogP contribution in [0.15, 0.2) is 42.6 Å². The van der Waals surface area contributed by atoms with E-state index in [0.29, 0.717) is 6.04 Å². The molecule has 0 saturated heterocycles. The minimum Gasteiger partial charge on any atom is -0.496 e. The molecule has 0 amide bonds. The molecule has 1 heterocycles. The quantitative estimate of drug-likeness (QED) is 0.889. The van der Waals surface area contributed by atoms with Gasteiger partial charge in [-0.3, -0.25) is 4.98 Å². The predicted octanol–water partition coefficient (Wildman–Crippen LogP) is 3.44. The van der Waals surface area contributed by atoms with Crippen LogP contribution in [0.1, 0.15) is 18.2 Å². The van der Waals surface area contributed by atoms with Gasteiger partial charge in [0.25, 0.3) is 0 Å². The molecular formula is C16H20N2O. The summed E-state index contributed by atoms with van der Waals surface area (Å²) in [5.41, 5.74) is 3.32. The number of benzene rings is 1. The molecule has 2 aromatic rings. The van der Waals surface area contributed by atoms with Crippen molar-refractivity contribution in [2.45, 2.75) is 26.3 Å². The zero-order chi connectivity index (χ0) is 13.7. The second-order valence-electron chi connectivity index (χ2n) is 4.70. The third kappa shape index (κ3) is 3.47. The van der Waals surface area contributed by atoms with Crippen LogP contribution >= 0.6 is 0 Å². The van der Waals surface area contributed by atoms with E-state index in [-0.39, 0.29) is 0 Å². The molecule has 0 fully saturated rings. The number of anilines is 1. The first-order valence-corrected chi connectivity index (χ1v) is 6.50. The Balaban J connectivity index is 2.05. The lowest BCUT2D eigenvalue weighted by atomic mass is 10.1. The summed E-state index contributed by atoms with van der Waals surface area (Å²) in [7, 11) is 1.71. The summed E-state index contributed by atoms with van der Waals surface area (Å²) in [5, 5.41) is 3.49. The van der Waals surface area contributed by atoms with Gasteiger partial charge in [-0.2, -0.15) is 0 Å². The zero-order valence-corrected chi connectivity index (χ0v) is 11.7. The highest BCUT2D eigenvalue weighted by atomic mass is 16.5. The van der Waals surface area contributed by atoms with Gasteiger partial charge in [-0.25, -0.2) is 0 Å². The summed E-state index contributed by atoms with van der Waals surface area (Å²) in [6.07, 6.45) is 2.73. The molecule has 100 valence electrons. The second kappa shape index (κ2) is 6.23. The molecule has 0 bridgehead atoms. The van der Waals surface area contributed by atoms with Crippen LogP contribution in [-0.2, 0) is 6.42 Å². The number of nitrogens with one attached hydrogen (secondary N) is 1. The van der Waals surface area contributed by atoms with Crippen LogP contribution in [0.3, 0.4) is 0 Å². The average Bonchev–Trinajstić information content (AvgIpc) is 2.42. The number of rotatable bonds is 5. The van der Waals surface area contributed by atoms with Gasteiger partial charge in [0.05, 0.1) is 18.5 Å².